The molecule has 0 amide bonds. The number of rotatable bonds is 4. The van der Waals surface area contributed by atoms with Gasteiger partial charge in [0.05, 0.1) is 5.69 Å². The highest BCUT2D eigenvalue weighted by Gasteiger charge is 2.09. The van der Waals surface area contributed by atoms with Crippen LogP contribution in [0.1, 0.15) is 13.8 Å². The molecule has 0 aliphatic heterocycles. The Morgan fingerprint density at radius 1 is 1.16 bits per heavy atom. The quantitative estimate of drug-likeness (QED) is 0.922. The number of phenols is 1. The lowest BCUT2D eigenvalue weighted by Crippen LogP contribution is -2.21. The van der Waals surface area contributed by atoms with E-state index >= 15 is 0 Å². The highest BCUT2D eigenvalue weighted by molar-refractivity contribution is 9.10. The summed E-state index contributed by atoms with van der Waals surface area (Å²) in [6.07, 6.45) is 1.73. The van der Waals surface area contributed by atoms with Crippen LogP contribution in [0.4, 0.5) is 5.69 Å². The van der Waals surface area contributed by atoms with Gasteiger partial charge in [-0.25, -0.2) is 0 Å². The molecular formula is C15H17BrN2O. The first-order valence-corrected chi connectivity index (χ1v) is 7.15. The smallest absolute Gasteiger partial charge is 0.127 e. The molecule has 0 saturated heterocycles. The molecule has 0 spiro atoms. The van der Waals surface area contributed by atoms with E-state index in [1.165, 1.54) is 0 Å². The maximum absolute atomic E-state index is 10.2. The Kier molecular flexibility index (Phi) is 4.43. The molecule has 0 atom stereocenters. The van der Waals surface area contributed by atoms with Crippen LogP contribution in [0.2, 0.25) is 0 Å². The fourth-order valence-electron chi connectivity index (χ4n) is 2.06. The van der Waals surface area contributed by atoms with Gasteiger partial charge in [0.2, 0.25) is 0 Å². The van der Waals surface area contributed by atoms with Crippen LogP contribution in [-0.4, -0.2) is 23.2 Å². The van der Waals surface area contributed by atoms with Crippen LogP contribution in [0.25, 0.3) is 11.3 Å². The standard InChI is InChI=1S/C15H17BrN2O/c1-3-18(4-2)12-6-7-13(15(19)9-12)14-8-5-11(16)10-17-14/h5-10,19H,3-4H2,1-2H3. The van der Waals surface area contributed by atoms with E-state index in [4.69, 9.17) is 0 Å². The number of phenolic OH excluding ortho intramolecular Hbond substituents is 1. The summed E-state index contributed by atoms with van der Waals surface area (Å²) in [5, 5.41) is 10.2. The molecule has 0 aliphatic carbocycles. The normalized spacial score (nSPS) is 10.5. The number of hydrogen-bond acceptors (Lipinski definition) is 3. The van der Waals surface area contributed by atoms with E-state index in [1.54, 1.807) is 12.3 Å². The number of nitrogens with zero attached hydrogens (tertiary/aromatic N) is 2. The van der Waals surface area contributed by atoms with Crippen LogP contribution in [0.5, 0.6) is 5.75 Å². The molecule has 0 radical (unpaired) electrons. The van der Waals surface area contributed by atoms with Crippen LogP contribution < -0.4 is 4.90 Å². The number of aromatic nitrogens is 1. The van der Waals surface area contributed by atoms with Gasteiger partial charge in [-0.05, 0) is 54.0 Å². The van der Waals surface area contributed by atoms with Gasteiger partial charge in [0.1, 0.15) is 5.75 Å². The van der Waals surface area contributed by atoms with E-state index in [1.807, 2.05) is 24.3 Å². The first kappa shape index (κ1) is 13.9. The summed E-state index contributed by atoms with van der Waals surface area (Å²) in [6.45, 7) is 6.05. The van der Waals surface area contributed by atoms with Crippen LogP contribution >= 0.6 is 15.9 Å². The molecule has 0 saturated carbocycles. The van der Waals surface area contributed by atoms with E-state index in [2.05, 4.69) is 39.7 Å². The molecular weight excluding hydrogens is 304 g/mol. The summed E-state index contributed by atoms with van der Waals surface area (Å²) >= 11 is 3.35. The van der Waals surface area contributed by atoms with Gasteiger partial charge in [-0.1, -0.05) is 0 Å². The molecule has 0 bridgehead atoms. The molecule has 0 aliphatic rings. The van der Waals surface area contributed by atoms with Crippen molar-refractivity contribution < 1.29 is 5.11 Å². The van der Waals surface area contributed by atoms with E-state index in [9.17, 15) is 5.11 Å². The Hall–Kier alpha value is -1.55. The third-order valence-electron chi connectivity index (χ3n) is 3.11. The van der Waals surface area contributed by atoms with E-state index in [-0.39, 0.29) is 5.75 Å². The van der Waals surface area contributed by atoms with Crippen molar-refractivity contribution in [3.8, 4) is 17.0 Å². The molecule has 1 heterocycles. The lowest BCUT2D eigenvalue weighted by molar-refractivity contribution is 0.477. The Morgan fingerprint density at radius 2 is 1.89 bits per heavy atom. The van der Waals surface area contributed by atoms with Crippen molar-refractivity contribution in [2.24, 2.45) is 0 Å². The summed E-state index contributed by atoms with van der Waals surface area (Å²) in [6, 6.07) is 9.54. The number of aromatic hydroxyl groups is 1. The summed E-state index contributed by atoms with van der Waals surface area (Å²) in [5.41, 5.74) is 2.55. The molecule has 2 aromatic rings. The maximum atomic E-state index is 10.2. The first-order chi connectivity index (χ1) is 9.15. The van der Waals surface area contributed by atoms with Gasteiger partial charge in [-0.3, -0.25) is 4.98 Å². The lowest BCUT2D eigenvalue weighted by Gasteiger charge is -2.21. The largest absolute Gasteiger partial charge is 0.507 e. The SMILES string of the molecule is CCN(CC)c1ccc(-c2ccc(Br)cn2)c(O)c1. The fourth-order valence-corrected chi connectivity index (χ4v) is 2.29. The molecule has 19 heavy (non-hydrogen) atoms. The fraction of sp³-hybridized carbons (Fsp3) is 0.267. The Bertz CT molecular complexity index is 551. The summed E-state index contributed by atoms with van der Waals surface area (Å²) < 4.78 is 0.926. The molecule has 100 valence electrons. The van der Waals surface area contributed by atoms with Crippen LogP contribution in [0.3, 0.4) is 0 Å². The van der Waals surface area contributed by atoms with Gasteiger partial charge in [0.15, 0.2) is 0 Å². The van der Waals surface area contributed by atoms with Gasteiger partial charge >= 0.3 is 0 Å². The van der Waals surface area contributed by atoms with Crippen molar-refractivity contribution in [1.82, 2.24) is 4.98 Å². The summed E-state index contributed by atoms with van der Waals surface area (Å²) in [4.78, 5) is 6.50. The topological polar surface area (TPSA) is 36.4 Å². The molecule has 0 unspecified atom stereocenters. The van der Waals surface area contributed by atoms with Crippen LogP contribution in [0.15, 0.2) is 41.0 Å². The zero-order valence-electron chi connectivity index (χ0n) is 11.1. The Labute approximate surface area is 122 Å². The van der Waals surface area contributed by atoms with E-state index in [0.717, 1.165) is 34.5 Å². The Morgan fingerprint density at radius 3 is 2.42 bits per heavy atom. The number of halogens is 1. The molecule has 0 fully saturated rings. The number of anilines is 1. The van der Waals surface area contributed by atoms with Gasteiger partial charge in [0.25, 0.3) is 0 Å². The molecule has 1 aromatic heterocycles. The average Bonchev–Trinajstić information content (AvgIpc) is 2.42. The highest BCUT2D eigenvalue weighted by Crippen LogP contribution is 2.32. The second-order valence-electron chi connectivity index (χ2n) is 4.24. The van der Waals surface area contributed by atoms with E-state index < -0.39 is 0 Å². The van der Waals surface area contributed by atoms with E-state index in [0.29, 0.717) is 0 Å². The second-order valence-corrected chi connectivity index (χ2v) is 5.15. The minimum Gasteiger partial charge on any atom is -0.507 e. The van der Waals surface area contributed by atoms with Gasteiger partial charge in [0, 0.05) is 41.1 Å². The van der Waals surface area contributed by atoms with Crippen molar-refractivity contribution >= 4 is 21.6 Å². The molecule has 4 heteroatoms. The van der Waals surface area contributed by atoms with Crippen molar-refractivity contribution in [3.05, 3.63) is 41.0 Å². The average molecular weight is 321 g/mol. The predicted octanol–water partition coefficient (Wildman–Crippen LogP) is 4.06. The number of pyridine rings is 1. The molecule has 1 N–H and O–H groups in total. The highest BCUT2D eigenvalue weighted by atomic mass is 79.9. The minimum absolute atomic E-state index is 0.263. The summed E-state index contributed by atoms with van der Waals surface area (Å²) in [7, 11) is 0. The zero-order valence-corrected chi connectivity index (χ0v) is 12.7. The minimum atomic E-state index is 0.263. The summed E-state index contributed by atoms with van der Waals surface area (Å²) in [5.74, 6) is 0.263. The predicted molar refractivity (Wildman–Crippen MR) is 82.6 cm³/mol. The van der Waals surface area contributed by atoms with Gasteiger partial charge in [-0.2, -0.15) is 0 Å². The molecule has 1 aromatic carbocycles. The number of hydrogen-bond donors (Lipinski definition) is 1. The van der Waals surface area contributed by atoms with Crippen molar-refractivity contribution in [2.75, 3.05) is 18.0 Å². The Balaban J connectivity index is 2.36. The van der Waals surface area contributed by atoms with Gasteiger partial charge in [-0.15, -0.1) is 0 Å². The van der Waals surface area contributed by atoms with Gasteiger partial charge < -0.3 is 10.0 Å². The molecule has 3 nitrogen and oxygen atoms in total. The van der Waals surface area contributed by atoms with Crippen molar-refractivity contribution in [2.45, 2.75) is 13.8 Å². The van der Waals surface area contributed by atoms with Crippen LogP contribution in [0, 0.1) is 0 Å². The molecule has 2 rings (SSSR count). The monoisotopic (exact) mass is 320 g/mol. The van der Waals surface area contributed by atoms with Crippen molar-refractivity contribution in [3.63, 3.8) is 0 Å². The number of benzene rings is 1. The lowest BCUT2D eigenvalue weighted by atomic mass is 10.1. The third-order valence-corrected chi connectivity index (χ3v) is 3.58. The first-order valence-electron chi connectivity index (χ1n) is 6.35. The maximum Gasteiger partial charge on any atom is 0.127 e. The zero-order chi connectivity index (χ0) is 13.8. The van der Waals surface area contributed by atoms with Crippen LogP contribution in [-0.2, 0) is 0 Å². The third kappa shape index (κ3) is 3.07. The second kappa shape index (κ2) is 6.06. The van der Waals surface area contributed by atoms with Crippen molar-refractivity contribution in [1.29, 1.82) is 0 Å².